The second-order valence-corrected chi connectivity index (χ2v) is 5.69. The molecule has 0 saturated carbocycles. The summed E-state index contributed by atoms with van der Waals surface area (Å²) in [7, 11) is 0. The van der Waals surface area contributed by atoms with Crippen LogP contribution in [0.2, 0.25) is 0 Å². The Morgan fingerprint density at radius 2 is 2.20 bits per heavy atom. The number of pyridine rings is 1. The Hall–Kier alpha value is -1.62. The molecule has 0 aromatic carbocycles. The number of aromatic nitrogens is 1. The molecule has 0 bridgehead atoms. The molecule has 0 saturated heterocycles. The summed E-state index contributed by atoms with van der Waals surface area (Å²) < 4.78 is 0. The van der Waals surface area contributed by atoms with Gasteiger partial charge in [0.05, 0.1) is 0 Å². The van der Waals surface area contributed by atoms with Crippen molar-refractivity contribution in [2.45, 2.75) is 39.5 Å². The molecule has 1 aromatic heterocycles. The van der Waals surface area contributed by atoms with Crippen molar-refractivity contribution in [3.05, 3.63) is 30.1 Å². The van der Waals surface area contributed by atoms with Gasteiger partial charge in [-0.25, -0.2) is 0 Å². The zero-order valence-electron chi connectivity index (χ0n) is 12.5. The normalized spacial score (nSPS) is 12.6. The van der Waals surface area contributed by atoms with Gasteiger partial charge in [0.2, 0.25) is 0 Å². The summed E-state index contributed by atoms with van der Waals surface area (Å²) in [6.45, 7) is 5.96. The molecule has 20 heavy (non-hydrogen) atoms. The second-order valence-electron chi connectivity index (χ2n) is 5.69. The quantitative estimate of drug-likeness (QED) is 0.212. The Kier molecular flexibility index (Phi) is 7.01. The first-order valence-corrected chi connectivity index (χ1v) is 7.14. The lowest BCUT2D eigenvalue weighted by Crippen LogP contribution is -2.32. The van der Waals surface area contributed by atoms with Crippen LogP contribution in [0.4, 0.5) is 0 Å². The summed E-state index contributed by atoms with van der Waals surface area (Å²) in [6, 6.07) is 4.05. The van der Waals surface area contributed by atoms with Crippen LogP contribution in [0.3, 0.4) is 0 Å². The number of nitrogens with one attached hydrogen (secondary N) is 1. The van der Waals surface area contributed by atoms with E-state index in [9.17, 15) is 0 Å². The van der Waals surface area contributed by atoms with Crippen LogP contribution < -0.4 is 11.1 Å². The Labute approximate surface area is 121 Å². The van der Waals surface area contributed by atoms with E-state index in [2.05, 4.69) is 21.5 Å². The Morgan fingerprint density at radius 3 is 2.85 bits per heavy atom. The van der Waals surface area contributed by atoms with Crippen molar-refractivity contribution in [1.82, 2.24) is 10.3 Å². The van der Waals surface area contributed by atoms with Gasteiger partial charge in [-0.3, -0.25) is 4.98 Å². The molecule has 1 heterocycles. The number of nitrogens with two attached hydrogens (primary N) is 1. The largest absolute Gasteiger partial charge is 0.409 e. The maximum atomic E-state index is 8.70. The highest BCUT2D eigenvalue weighted by Crippen LogP contribution is 2.22. The first-order chi connectivity index (χ1) is 9.56. The molecule has 0 aliphatic heterocycles. The SMILES string of the molecule is CC(C)(CCCCNCCc1cccnc1)/C(N)=N/O. The standard InChI is InChI=1S/C15H26N4O/c1-15(2,14(16)19-20)8-3-4-9-17-11-7-13-6-5-10-18-12-13/h5-6,10,12,17,20H,3-4,7-9,11H2,1-2H3,(H2,16,19). The number of nitrogens with zero attached hydrogens (tertiary/aromatic N) is 2. The van der Waals surface area contributed by atoms with Crippen molar-refractivity contribution in [3.8, 4) is 0 Å². The molecule has 0 aliphatic rings. The summed E-state index contributed by atoms with van der Waals surface area (Å²) in [6.07, 6.45) is 7.77. The molecule has 0 fully saturated rings. The third-order valence-corrected chi connectivity index (χ3v) is 3.52. The van der Waals surface area contributed by atoms with Gasteiger partial charge in [0.1, 0.15) is 5.84 Å². The third kappa shape index (κ3) is 6.02. The van der Waals surface area contributed by atoms with Crippen molar-refractivity contribution < 1.29 is 5.21 Å². The van der Waals surface area contributed by atoms with Crippen molar-refractivity contribution in [2.75, 3.05) is 13.1 Å². The van der Waals surface area contributed by atoms with E-state index < -0.39 is 0 Å². The lowest BCUT2D eigenvalue weighted by molar-refractivity contribution is 0.304. The maximum absolute atomic E-state index is 8.70. The van der Waals surface area contributed by atoms with E-state index in [1.807, 2.05) is 26.1 Å². The van der Waals surface area contributed by atoms with Gasteiger partial charge in [-0.05, 0) is 44.0 Å². The van der Waals surface area contributed by atoms with E-state index in [4.69, 9.17) is 10.9 Å². The first kappa shape index (κ1) is 16.4. The highest BCUT2D eigenvalue weighted by molar-refractivity contribution is 5.85. The van der Waals surface area contributed by atoms with Crippen LogP contribution >= 0.6 is 0 Å². The van der Waals surface area contributed by atoms with Crippen LogP contribution in [0, 0.1) is 5.41 Å². The van der Waals surface area contributed by atoms with Crippen molar-refractivity contribution >= 4 is 5.84 Å². The monoisotopic (exact) mass is 278 g/mol. The fourth-order valence-electron chi connectivity index (χ4n) is 1.98. The average Bonchev–Trinajstić information content (AvgIpc) is 2.46. The number of rotatable bonds is 9. The molecule has 1 aromatic rings. The van der Waals surface area contributed by atoms with Crippen molar-refractivity contribution in [1.29, 1.82) is 0 Å². The lowest BCUT2D eigenvalue weighted by Gasteiger charge is -2.22. The Bertz CT molecular complexity index is 404. The van der Waals surface area contributed by atoms with Crippen LogP contribution in [-0.4, -0.2) is 29.1 Å². The molecule has 0 aliphatic carbocycles. The van der Waals surface area contributed by atoms with Crippen molar-refractivity contribution in [2.24, 2.45) is 16.3 Å². The fourth-order valence-corrected chi connectivity index (χ4v) is 1.98. The number of amidine groups is 1. The fraction of sp³-hybridized carbons (Fsp3) is 0.600. The minimum absolute atomic E-state index is 0.232. The Balaban J connectivity index is 2.06. The predicted octanol–water partition coefficient (Wildman–Crippen LogP) is 2.16. The molecular weight excluding hydrogens is 252 g/mol. The molecule has 4 N–H and O–H groups in total. The molecule has 5 nitrogen and oxygen atoms in total. The molecule has 112 valence electrons. The number of unbranched alkanes of at least 4 members (excludes halogenated alkanes) is 1. The van der Waals surface area contributed by atoms with Gasteiger partial charge < -0.3 is 16.3 Å². The summed E-state index contributed by atoms with van der Waals surface area (Å²) in [5.41, 5.74) is 6.68. The molecule has 1 rings (SSSR count). The van der Waals surface area contributed by atoms with Crippen LogP contribution in [0.5, 0.6) is 0 Å². The molecule has 0 atom stereocenters. The zero-order valence-corrected chi connectivity index (χ0v) is 12.5. The van der Waals surface area contributed by atoms with Crippen LogP contribution in [0.15, 0.2) is 29.7 Å². The van der Waals surface area contributed by atoms with Crippen LogP contribution in [0.25, 0.3) is 0 Å². The average molecular weight is 278 g/mol. The van der Waals surface area contributed by atoms with Crippen molar-refractivity contribution in [3.63, 3.8) is 0 Å². The smallest absolute Gasteiger partial charge is 0.144 e. The van der Waals surface area contributed by atoms with Crippen LogP contribution in [0.1, 0.15) is 38.7 Å². The molecule has 5 heteroatoms. The highest BCUT2D eigenvalue weighted by atomic mass is 16.4. The molecule has 0 unspecified atom stereocenters. The van der Waals surface area contributed by atoms with Gasteiger partial charge in [-0.2, -0.15) is 0 Å². The molecule has 0 spiro atoms. The van der Waals surface area contributed by atoms with Gasteiger partial charge in [0.25, 0.3) is 0 Å². The minimum Gasteiger partial charge on any atom is -0.409 e. The summed E-state index contributed by atoms with van der Waals surface area (Å²) in [5.74, 6) is 0.307. The van der Waals surface area contributed by atoms with E-state index in [1.54, 1.807) is 6.20 Å². The maximum Gasteiger partial charge on any atom is 0.144 e. The molecule has 0 radical (unpaired) electrons. The Morgan fingerprint density at radius 1 is 1.40 bits per heavy atom. The highest BCUT2D eigenvalue weighted by Gasteiger charge is 2.22. The topological polar surface area (TPSA) is 83.5 Å². The van der Waals surface area contributed by atoms with Crippen LogP contribution in [-0.2, 0) is 6.42 Å². The summed E-state index contributed by atoms with van der Waals surface area (Å²) >= 11 is 0. The number of hydrogen-bond donors (Lipinski definition) is 3. The number of hydrogen-bond acceptors (Lipinski definition) is 4. The van der Waals surface area contributed by atoms with E-state index in [-0.39, 0.29) is 5.41 Å². The predicted molar refractivity (Wildman–Crippen MR) is 81.9 cm³/mol. The molecule has 0 amide bonds. The van der Waals surface area contributed by atoms with E-state index in [0.29, 0.717) is 5.84 Å². The van der Waals surface area contributed by atoms with Gasteiger partial charge in [-0.15, -0.1) is 0 Å². The lowest BCUT2D eigenvalue weighted by atomic mass is 9.86. The van der Waals surface area contributed by atoms with E-state index in [1.165, 1.54) is 5.56 Å². The summed E-state index contributed by atoms with van der Waals surface area (Å²) in [5, 5.41) is 15.2. The molecular formula is C15H26N4O. The van der Waals surface area contributed by atoms with E-state index in [0.717, 1.165) is 38.8 Å². The van der Waals surface area contributed by atoms with E-state index >= 15 is 0 Å². The van der Waals surface area contributed by atoms with Gasteiger partial charge >= 0.3 is 0 Å². The number of oxime groups is 1. The minimum atomic E-state index is -0.232. The van der Waals surface area contributed by atoms with Gasteiger partial charge in [0, 0.05) is 17.8 Å². The zero-order chi connectivity index (χ0) is 14.8. The summed E-state index contributed by atoms with van der Waals surface area (Å²) in [4.78, 5) is 4.09. The third-order valence-electron chi connectivity index (χ3n) is 3.52. The second kappa shape index (κ2) is 8.53. The first-order valence-electron chi connectivity index (χ1n) is 7.14. The van der Waals surface area contributed by atoms with Gasteiger partial charge in [0.15, 0.2) is 0 Å². The van der Waals surface area contributed by atoms with Gasteiger partial charge in [-0.1, -0.05) is 31.5 Å².